The van der Waals surface area contributed by atoms with Gasteiger partial charge in [-0.1, -0.05) is 17.7 Å². The first-order valence-corrected chi connectivity index (χ1v) is 6.69. The Morgan fingerprint density at radius 2 is 2.00 bits per heavy atom. The van der Waals surface area contributed by atoms with Gasteiger partial charge >= 0.3 is 0 Å². The van der Waals surface area contributed by atoms with Crippen LogP contribution in [0.3, 0.4) is 0 Å². The Kier molecular flexibility index (Phi) is 4.43. The molecule has 0 aromatic heterocycles. The maximum absolute atomic E-state index is 9.44. The highest BCUT2D eigenvalue weighted by Crippen LogP contribution is 2.20. The Morgan fingerprint density at radius 1 is 1.29 bits per heavy atom. The first-order chi connectivity index (χ1) is 8.15. The molecule has 1 aromatic carbocycles. The van der Waals surface area contributed by atoms with E-state index in [1.807, 2.05) is 12.1 Å². The van der Waals surface area contributed by atoms with Crippen LogP contribution in [0.25, 0.3) is 0 Å². The van der Waals surface area contributed by atoms with Crippen LogP contribution in [-0.4, -0.2) is 17.3 Å². The van der Waals surface area contributed by atoms with E-state index in [2.05, 4.69) is 18.3 Å². The minimum atomic E-state index is -0.0784. The van der Waals surface area contributed by atoms with Crippen LogP contribution in [0.1, 0.15) is 36.8 Å². The average Bonchev–Trinajstić information content (AvgIpc) is 2.30. The van der Waals surface area contributed by atoms with Gasteiger partial charge in [-0.25, -0.2) is 0 Å². The van der Waals surface area contributed by atoms with Gasteiger partial charge in [0, 0.05) is 17.6 Å². The Labute approximate surface area is 108 Å². The summed E-state index contributed by atoms with van der Waals surface area (Å²) in [5.41, 5.74) is 2.54. The highest BCUT2D eigenvalue weighted by molar-refractivity contribution is 6.30. The SMILES string of the molecule is Cc1cc(Cl)ccc1CNC1CCC(O)CC1. The molecule has 0 amide bonds. The number of hydrogen-bond acceptors (Lipinski definition) is 2. The molecule has 0 unspecified atom stereocenters. The van der Waals surface area contributed by atoms with Gasteiger partial charge in [0.25, 0.3) is 0 Å². The summed E-state index contributed by atoms with van der Waals surface area (Å²) < 4.78 is 0. The number of benzene rings is 1. The van der Waals surface area contributed by atoms with Gasteiger partial charge in [0.1, 0.15) is 0 Å². The maximum Gasteiger partial charge on any atom is 0.0541 e. The molecule has 1 saturated carbocycles. The molecule has 0 saturated heterocycles. The predicted octanol–water partition coefficient (Wildman–Crippen LogP) is 3.04. The van der Waals surface area contributed by atoms with Gasteiger partial charge in [-0.15, -0.1) is 0 Å². The number of rotatable bonds is 3. The summed E-state index contributed by atoms with van der Waals surface area (Å²) in [7, 11) is 0. The predicted molar refractivity (Wildman–Crippen MR) is 71.3 cm³/mol. The number of aryl methyl sites for hydroxylation is 1. The van der Waals surface area contributed by atoms with Gasteiger partial charge in [0.15, 0.2) is 0 Å². The van der Waals surface area contributed by atoms with Crippen LogP contribution in [0.5, 0.6) is 0 Å². The minimum absolute atomic E-state index is 0.0784. The van der Waals surface area contributed by atoms with E-state index < -0.39 is 0 Å². The van der Waals surface area contributed by atoms with Gasteiger partial charge < -0.3 is 10.4 Å². The number of aliphatic hydroxyl groups excluding tert-OH is 1. The molecule has 94 valence electrons. The summed E-state index contributed by atoms with van der Waals surface area (Å²) in [4.78, 5) is 0. The summed E-state index contributed by atoms with van der Waals surface area (Å²) in [6.07, 6.45) is 3.93. The van der Waals surface area contributed by atoms with E-state index in [9.17, 15) is 5.11 Å². The molecule has 1 fully saturated rings. The van der Waals surface area contributed by atoms with Crippen molar-refractivity contribution in [3.05, 3.63) is 34.3 Å². The molecule has 2 nitrogen and oxygen atoms in total. The monoisotopic (exact) mass is 253 g/mol. The average molecular weight is 254 g/mol. The number of nitrogens with one attached hydrogen (secondary N) is 1. The number of hydrogen-bond donors (Lipinski definition) is 2. The second kappa shape index (κ2) is 5.85. The molecule has 0 atom stereocenters. The largest absolute Gasteiger partial charge is 0.393 e. The molecular formula is C14H20ClNO. The lowest BCUT2D eigenvalue weighted by atomic mass is 9.93. The van der Waals surface area contributed by atoms with Gasteiger partial charge in [-0.2, -0.15) is 0 Å². The highest BCUT2D eigenvalue weighted by atomic mass is 35.5. The molecule has 1 aromatic rings. The molecule has 1 aliphatic rings. The van der Waals surface area contributed by atoms with E-state index in [0.29, 0.717) is 6.04 Å². The van der Waals surface area contributed by atoms with Gasteiger partial charge in [-0.3, -0.25) is 0 Å². The Morgan fingerprint density at radius 3 is 2.65 bits per heavy atom. The lowest BCUT2D eigenvalue weighted by Gasteiger charge is -2.26. The van der Waals surface area contributed by atoms with E-state index >= 15 is 0 Å². The zero-order chi connectivity index (χ0) is 12.3. The maximum atomic E-state index is 9.44. The molecule has 2 rings (SSSR count). The van der Waals surface area contributed by atoms with Crippen molar-refractivity contribution in [2.75, 3.05) is 0 Å². The molecule has 0 radical (unpaired) electrons. The van der Waals surface area contributed by atoms with E-state index in [-0.39, 0.29) is 6.10 Å². The van der Waals surface area contributed by atoms with Crippen LogP contribution < -0.4 is 5.32 Å². The Balaban J connectivity index is 1.85. The quantitative estimate of drug-likeness (QED) is 0.868. The fourth-order valence-corrected chi connectivity index (χ4v) is 2.62. The molecule has 3 heteroatoms. The normalized spacial score (nSPS) is 24.9. The lowest BCUT2D eigenvalue weighted by molar-refractivity contribution is 0.116. The third-order valence-corrected chi connectivity index (χ3v) is 3.82. The van der Waals surface area contributed by atoms with Crippen LogP contribution in [0, 0.1) is 6.92 Å². The van der Waals surface area contributed by atoms with Crippen molar-refractivity contribution in [3.8, 4) is 0 Å². The van der Waals surface area contributed by atoms with Crippen molar-refractivity contribution in [1.29, 1.82) is 0 Å². The highest BCUT2D eigenvalue weighted by Gasteiger charge is 2.18. The van der Waals surface area contributed by atoms with Crippen LogP contribution in [0.4, 0.5) is 0 Å². The third kappa shape index (κ3) is 3.70. The van der Waals surface area contributed by atoms with Crippen LogP contribution in [0.15, 0.2) is 18.2 Å². The molecule has 17 heavy (non-hydrogen) atoms. The van der Waals surface area contributed by atoms with Crippen molar-refractivity contribution >= 4 is 11.6 Å². The van der Waals surface area contributed by atoms with Crippen LogP contribution >= 0.6 is 11.6 Å². The first-order valence-electron chi connectivity index (χ1n) is 6.31. The second-order valence-electron chi connectivity index (χ2n) is 4.96. The van der Waals surface area contributed by atoms with Crippen LogP contribution in [0.2, 0.25) is 5.02 Å². The molecule has 0 bridgehead atoms. The lowest BCUT2D eigenvalue weighted by Crippen LogP contribution is -2.34. The van der Waals surface area contributed by atoms with Crippen molar-refractivity contribution in [3.63, 3.8) is 0 Å². The molecule has 2 N–H and O–H groups in total. The number of halogens is 1. The molecule has 1 aliphatic carbocycles. The molecule has 0 heterocycles. The summed E-state index contributed by atoms with van der Waals surface area (Å²) in [6, 6.07) is 6.58. The zero-order valence-electron chi connectivity index (χ0n) is 10.2. The summed E-state index contributed by atoms with van der Waals surface area (Å²) >= 11 is 5.93. The Bertz CT molecular complexity index is 372. The van der Waals surface area contributed by atoms with Crippen molar-refractivity contribution in [2.24, 2.45) is 0 Å². The third-order valence-electron chi connectivity index (χ3n) is 3.58. The van der Waals surface area contributed by atoms with E-state index in [1.165, 1.54) is 11.1 Å². The smallest absolute Gasteiger partial charge is 0.0541 e. The van der Waals surface area contributed by atoms with E-state index in [0.717, 1.165) is 37.3 Å². The summed E-state index contributed by atoms with van der Waals surface area (Å²) in [5.74, 6) is 0. The fraction of sp³-hybridized carbons (Fsp3) is 0.571. The first kappa shape index (κ1) is 12.9. The van der Waals surface area contributed by atoms with Crippen molar-refractivity contribution in [2.45, 2.75) is 51.3 Å². The topological polar surface area (TPSA) is 32.3 Å². The van der Waals surface area contributed by atoms with Crippen molar-refractivity contribution < 1.29 is 5.11 Å². The fourth-order valence-electron chi connectivity index (χ4n) is 2.39. The molecule has 0 aliphatic heterocycles. The van der Waals surface area contributed by atoms with Gasteiger partial charge in [-0.05, 0) is 55.9 Å². The van der Waals surface area contributed by atoms with Gasteiger partial charge in [0.05, 0.1) is 6.10 Å². The van der Waals surface area contributed by atoms with Gasteiger partial charge in [0.2, 0.25) is 0 Å². The zero-order valence-corrected chi connectivity index (χ0v) is 11.0. The molecule has 0 spiro atoms. The number of aliphatic hydroxyl groups is 1. The molecular weight excluding hydrogens is 234 g/mol. The van der Waals surface area contributed by atoms with E-state index in [1.54, 1.807) is 0 Å². The van der Waals surface area contributed by atoms with Crippen LogP contribution in [-0.2, 0) is 6.54 Å². The Hall–Kier alpha value is -0.570. The van der Waals surface area contributed by atoms with Crippen molar-refractivity contribution in [1.82, 2.24) is 5.32 Å². The van der Waals surface area contributed by atoms with E-state index in [4.69, 9.17) is 11.6 Å². The minimum Gasteiger partial charge on any atom is -0.393 e. The summed E-state index contributed by atoms with van der Waals surface area (Å²) in [6.45, 7) is 2.98. The second-order valence-corrected chi connectivity index (χ2v) is 5.39. The standard InChI is InChI=1S/C14H20ClNO/c1-10-8-12(15)3-2-11(10)9-16-13-4-6-14(17)7-5-13/h2-3,8,13-14,16-17H,4-7,9H2,1H3. The summed E-state index contributed by atoms with van der Waals surface area (Å²) in [5, 5.41) is 13.8.